The van der Waals surface area contributed by atoms with E-state index >= 15 is 0 Å². The number of nitrogens with one attached hydrogen (secondary N) is 3. The van der Waals surface area contributed by atoms with Gasteiger partial charge in [0.1, 0.15) is 22.9 Å². The highest BCUT2D eigenvalue weighted by atomic mass is 35.5. The lowest BCUT2D eigenvalue weighted by Crippen LogP contribution is -2.37. The van der Waals surface area contributed by atoms with E-state index in [1.807, 2.05) is 39.8 Å². The number of furan rings is 1. The highest BCUT2D eigenvalue weighted by Crippen LogP contribution is 2.41. The summed E-state index contributed by atoms with van der Waals surface area (Å²) in [4.78, 5) is 37.1. The summed E-state index contributed by atoms with van der Waals surface area (Å²) in [5, 5.41) is 9.45. The molecule has 156 valence electrons. The normalized spacial score (nSPS) is 15.7. The monoisotopic (exact) mass is 427 g/mol. The van der Waals surface area contributed by atoms with Gasteiger partial charge in [-0.05, 0) is 51.5 Å². The Morgan fingerprint density at radius 3 is 2.43 bits per heavy atom. The van der Waals surface area contributed by atoms with Crippen molar-refractivity contribution in [2.75, 3.05) is 10.6 Å². The van der Waals surface area contributed by atoms with Crippen LogP contribution < -0.4 is 26.8 Å². The van der Waals surface area contributed by atoms with Crippen LogP contribution in [0.4, 0.5) is 17.1 Å². The Kier molecular flexibility index (Phi) is 4.73. The van der Waals surface area contributed by atoms with Crippen LogP contribution in [0, 0.1) is 6.92 Å². The Morgan fingerprint density at radius 1 is 1.10 bits per heavy atom. The zero-order chi connectivity index (χ0) is 21.8. The van der Waals surface area contributed by atoms with Crippen molar-refractivity contribution in [1.82, 2.24) is 5.32 Å². The molecule has 0 saturated carbocycles. The van der Waals surface area contributed by atoms with Crippen LogP contribution >= 0.6 is 11.6 Å². The lowest BCUT2D eigenvalue weighted by Gasteiger charge is -2.22. The van der Waals surface area contributed by atoms with Crippen molar-refractivity contribution in [3.8, 4) is 0 Å². The van der Waals surface area contributed by atoms with Gasteiger partial charge >= 0.3 is 0 Å². The molecule has 0 aliphatic carbocycles. The average molecular weight is 428 g/mol. The number of hydrogen-bond donors (Lipinski definition) is 3. The van der Waals surface area contributed by atoms with E-state index in [2.05, 4.69) is 16.0 Å². The zero-order valence-corrected chi connectivity index (χ0v) is 17.9. The number of aryl methyl sites for hydroxylation is 1. The van der Waals surface area contributed by atoms with Crippen molar-refractivity contribution in [1.29, 1.82) is 0 Å². The Labute approximate surface area is 178 Å². The number of anilines is 3. The van der Waals surface area contributed by atoms with Crippen LogP contribution in [-0.4, -0.2) is 5.91 Å². The van der Waals surface area contributed by atoms with Gasteiger partial charge in [0, 0.05) is 10.6 Å². The van der Waals surface area contributed by atoms with Crippen molar-refractivity contribution in [2.45, 2.75) is 45.7 Å². The lowest BCUT2D eigenvalue weighted by molar-refractivity contribution is 0.0941. The molecule has 8 heteroatoms. The summed E-state index contributed by atoms with van der Waals surface area (Å²) in [5.74, 6) is 1.16. The molecule has 0 bridgehead atoms. The molecule has 4 rings (SSSR count). The van der Waals surface area contributed by atoms with Crippen LogP contribution in [0.3, 0.4) is 0 Å². The van der Waals surface area contributed by atoms with Crippen LogP contribution in [0.25, 0.3) is 0 Å². The van der Waals surface area contributed by atoms with E-state index in [1.165, 1.54) is 0 Å². The molecule has 0 radical (unpaired) electrons. The van der Waals surface area contributed by atoms with Gasteiger partial charge in [-0.2, -0.15) is 0 Å². The zero-order valence-electron chi connectivity index (χ0n) is 17.1. The highest BCUT2D eigenvalue weighted by Gasteiger charge is 2.39. The molecule has 3 aromatic rings. The van der Waals surface area contributed by atoms with E-state index in [0.29, 0.717) is 34.0 Å². The predicted molar refractivity (Wildman–Crippen MR) is 117 cm³/mol. The number of rotatable bonds is 6. The molecule has 1 amide bonds. The smallest absolute Gasteiger partial charge is 0.254 e. The third-order valence-electron chi connectivity index (χ3n) is 5.43. The van der Waals surface area contributed by atoms with Gasteiger partial charge in [-0.25, -0.2) is 0 Å². The second-order valence-electron chi connectivity index (χ2n) is 8.01. The third-order valence-corrected chi connectivity index (χ3v) is 5.75. The van der Waals surface area contributed by atoms with Crippen LogP contribution in [0.5, 0.6) is 0 Å². The third kappa shape index (κ3) is 3.10. The molecule has 3 N–H and O–H groups in total. The summed E-state index contributed by atoms with van der Waals surface area (Å²) in [7, 11) is 0. The molecule has 0 spiro atoms. The molecular weight excluding hydrogens is 406 g/mol. The maximum Gasteiger partial charge on any atom is 0.254 e. The van der Waals surface area contributed by atoms with Crippen molar-refractivity contribution in [3.05, 3.63) is 72.4 Å². The van der Waals surface area contributed by atoms with Gasteiger partial charge in [-0.1, -0.05) is 18.5 Å². The molecule has 2 heterocycles. The second kappa shape index (κ2) is 7.02. The number of hydrogen-bond acceptors (Lipinski definition) is 6. The fraction of sp³-hybridized carbons (Fsp3) is 0.318. The number of carbonyl (C=O) groups is 1. The Morgan fingerprint density at radius 2 is 1.80 bits per heavy atom. The first-order valence-corrected chi connectivity index (χ1v) is 10.1. The van der Waals surface area contributed by atoms with Gasteiger partial charge in [0.15, 0.2) is 0 Å². The predicted octanol–water partition coefficient (Wildman–Crippen LogP) is 4.12. The van der Waals surface area contributed by atoms with E-state index in [0.717, 1.165) is 5.76 Å². The molecule has 1 atom stereocenters. The minimum Gasteiger partial charge on any atom is -0.464 e. The maximum atomic E-state index is 12.6. The Bertz CT molecular complexity index is 1230. The molecule has 0 saturated heterocycles. The molecule has 2 aromatic carbocycles. The van der Waals surface area contributed by atoms with Gasteiger partial charge in [0.25, 0.3) is 16.8 Å². The van der Waals surface area contributed by atoms with E-state index in [-0.39, 0.29) is 23.3 Å². The number of amides is 1. The van der Waals surface area contributed by atoms with Crippen molar-refractivity contribution in [2.24, 2.45) is 0 Å². The first kappa shape index (κ1) is 20.2. The van der Waals surface area contributed by atoms with Gasteiger partial charge < -0.3 is 20.4 Å². The van der Waals surface area contributed by atoms with Gasteiger partial charge in [0.05, 0.1) is 22.8 Å². The van der Waals surface area contributed by atoms with Crippen LogP contribution in [-0.2, 0) is 5.54 Å². The minimum absolute atomic E-state index is 0.128. The Balaban J connectivity index is 1.70. The van der Waals surface area contributed by atoms with E-state index in [1.54, 1.807) is 12.1 Å². The van der Waals surface area contributed by atoms with Crippen molar-refractivity contribution >= 4 is 34.6 Å². The number of halogens is 1. The quantitative estimate of drug-likeness (QED) is 0.511. The number of benzene rings is 1. The fourth-order valence-corrected chi connectivity index (χ4v) is 4.30. The van der Waals surface area contributed by atoms with E-state index in [4.69, 9.17) is 16.0 Å². The highest BCUT2D eigenvalue weighted by molar-refractivity contribution is 6.32. The van der Waals surface area contributed by atoms with Crippen molar-refractivity contribution in [3.63, 3.8) is 0 Å². The van der Waals surface area contributed by atoms with Gasteiger partial charge in [-0.15, -0.1) is 0 Å². The molecule has 1 unspecified atom stereocenters. The van der Waals surface area contributed by atoms with Gasteiger partial charge in [-0.3, -0.25) is 14.4 Å². The molecule has 1 aliphatic rings. The second-order valence-corrected chi connectivity index (χ2v) is 8.42. The Hall–Kier alpha value is -3.06. The maximum absolute atomic E-state index is 12.6. The molecule has 30 heavy (non-hydrogen) atoms. The molecule has 7 nitrogen and oxygen atoms in total. The molecular formula is C22H22ClN3O4. The molecule has 0 fully saturated rings. The first-order valence-electron chi connectivity index (χ1n) is 9.72. The van der Waals surface area contributed by atoms with Gasteiger partial charge in [0.2, 0.25) is 0 Å². The standard InChI is InChI=1S/C22H22ClN3O4/c1-5-12(14-9-6-10(2)30-14)24-17-18(20(28)19(17)27)25-13-8-7-11(23)16-15(13)21(29)26-22(16,3)4/h6-9,12,24-25H,5H2,1-4H3,(H,26,29). The fourth-order valence-electron chi connectivity index (χ4n) is 3.91. The largest absolute Gasteiger partial charge is 0.464 e. The van der Waals surface area contributed by atoms with E-state index < -0.39 is 16.4 Å². The van der Waals surface area contributed by atoms with Crippen LogP contribution in [0.2, 0.25) is 5.02 Å². The van der Waals surface area contributed by atoms with Crippen LogP contribution in [0.15, 0.2) is 38.3 Å². The summed E-state index contributed by atoms with van der Waals surface area (Å²) < 4.78 is 5.66. The SMILES string of the molecule is CCC(Nc1c(Nc2ccc(Cl)c3c2C(=O)NC3(C)C)c(=O)c1=O)c1ccc(C)o1. The summed E-state index contributed by atoms with van der Waals surface area (Å²) >= 11 is 6.34. The summed E-state index contributed by atoms with van der Waals surface area (Å²) in [5.41, 5.74) is -0.106. The topological polar surface area (TPSA) is 100 Å². The summed E-state index contributed by atoms with van der Waals surface area (Å²) in [6, 6.07) is 6.73. The first-order chi connectivity index (χ1) is 14.1. The molecule has 1 aromatic heterocycles. The molecule has 1 aliphatic heterocycles. The average Bonchev–Trinajstić information content (AvgIpc) is 3.23. The number of fused-ring (bicyclic) bond motifs is 1. The lowest BCUT2D eigenvalue weighted by atomic mass is 9.93. The summed E-state index contributed by atoms with van der Waals surface area (Å²) in [6.45, 7) is 7.50. The summed E-state index contributed by atoms with van der Waals surface area (Å²) in [6.07, 6.45) is 0.651. The minimum atomic E-state index is -0.638. The van der Waals surface area contributed by atoms with Crippen molar-refractivity contribution < 1.29 is 9.21 Å². The number of carbonyl (C=O) groups excluding carboxylic acids is 1. The van der Waals surface area contributed by atoms with Crippen LogP contribution in [0.1, 0.15) is 60.7 Å². The van der Waals surface area contributed by atoms with E-state index in [9.17, 15) is 14.4 Å².